The van der Waals surface area contributed by atoms with E-state index in [1.807, 2.05) is 18.7 Å². The van der Waals surface area contributed by atoms with Crippen molar-refractivity contribution < 1.29 is 5.11 Å². The first-order chi connectivity index (χ1) is 7.09. The summed E-state index contributed by atoms with van der Waals surface area (Å²) >= 11 is 0. The minimum Gasteiger partial charge on any atom is -0.389 e. The summed E-state index contributed by atoms with van der Waals surface area (Å²) in [5, 5.41) is 18.0. The van der Waals surface area contributed by atoms with Gasteiger partial charge >= 0.3 is 0 Å². The van der Waals surface area contributed by atoms with Crippen LogP contribution in [0.25, 0.3) is 0 Å². The summed E-state index contributed by atoms with van der Waals surface area (Å²) in [6, 6.07) is 2.06. The zero-order valence-corrected chi connectivity index (χ0v) is 9.45. The van der Waals surface area contributed by atoms with Gasteiger partial charge in [-0.05, 0) is 38.9 Å². The van der Waals surface area contributed by atoms with Gasteiger partial charge in [0, 0.05) is 19.2 Å². The van der Waals surface area contributed by atoms with Crippen molar-refractivity contribution >= 4 is 0 Å². The predicted octanol–water partition coefficient (Wildman–Crippen LogP) is 0.386. The highest BCUT2D eigenvalue weighted by Gasteiger charge is 2.30. The third kappa shape index (κ3) is 2.38. The monoisotopic (exact) mass is 209 g/mol. The smallest absolute Gasteiger partial charge is 0.0727 e. The molecule has 2 rings (SSSR count). The molecule has 4 heteroatoms. The Hall–Kier alpha value is -0.870. The number of piperidine rings is 1. The number of nitrogens with zero attached hydrogens (tertiary/aromatic N) is 2. The molecule has 0 spiro atoms. The summed E-state index contributed by atoms with van der Waals surface area (Å²) in [6.45, 7) is 3.84. The molecule has 0 atom stereocenters. The Bertz CT molecular complexity index is 320. The van der Waals surface area contributed by atoms with Crippen molar-refractivity contribution in [2.75, 3.05) is 13.1 Å². The summed E-state index contributed by atoms with van der Waals surface area (Å²) in [5.41, 5.74) is 1.59. The van der Waals surface area contributed by atoms with E-state index >= 15 is 0 Å². The summed E-state index contributed by atoms with van der Waals surface area (Å²) in [5.74, 6) is 0. The Labute approximate surface area is 90.3 Å². The lowest BCUT2D eigenvalue weighted by Gasteiger charge is -2.31. The molecule has 1 aliphatic heterocycles. The van der Waals surface area contributed by atoms with Crippen LogP contribution in [0.15, 0.2) is 6.07 Å². The van der Waals surface area contributed by atoms with Gasteiger partial charge < -0.3 is 10.4 Å². The van der Waals surface area contributed by atoms with Gasteiger partial charge in [-0.15, -0.1) is 0 Å². The van der Waals surface area contributed by atoms with Gasteiger partial charge in [0.05, 0.1) is 11.3 Å². The number of rotatable bonds is 2. The van der Waals surface area contributed by atoms with E-state index in [-0.39, 0.29) is 0 Å². The van der Waals surface area contributed by atoms with Gasteiger partial charge in [-0.25, -0.2) is 0 Å². The topological polar surface area (TPSA) is 50.1 Å². The highest BCUT2D eigenvalue weighted by molar-refractivity contribution is 5.11. The standard InChI is InChI=1S/C11H19N3O/c1-9-7-10(13-14(9)2)8-11(15)3-5-12-6-4-11/h7,12,15H,3-6,8H2,1-2H3. The highest BCUT2D eigenvalue weighted by Crippen LogP contribution is 2.22. The first-order valence-electron chi connectivity index (χ1n) is 5.52. The molecule has 1 aromatic heterocycles. The van der Waals surface area contributed by atoms with E-state index < -0.39 is 5.60 Å². The molecular formula is C11H19N3O. The molecule has 1 fully saturated rings. The fourth-order valence-electron chi connectivity index (χ4n) is 2.13. The SMILES string of the molecule is Cc1cc(CC2(O)CCNCC2)nn1C. The van der Waals surface area contributed by atoms with Gasteiger partial charge in [0.25, 0.3) is 0 Å². The lowest BCUT2D eigenvalue weighted by atomic mass is 9.88. The van der Waals surface area contributed by atoms with Crippen molar-refractivity contribution in [3.8, 4) is 0 Å². The number of nitrogens with one attached hydrogen (secondary N) is 1. The number of hydrogen-bond acceptors (Lipinski definition) is 3. The van der Waals surface area contributed by atoms with Crippen LogP contribution < -0.4 is 5.32 Å². The average molecular weight is 209 g/mol. The van der Waals surface area contributed by atoms with Gasteiger partial charge in [-0.3, -0.25) is 4.68 Å². The quantitative estimate of drug-likeness (QED) is 0.740. The third-order valence-electron chi connectivity index (χ3n) is 3.21. The molecule has 4 nitrogen and oxygen atoms in total. The lowest BCUT2D eigenvalue weighted by Crippen LogP contribution is -2.43. The van der Waals surface area contributed by atoms with Gasteiger partial charge in [0.2, 0.25) is 0 Å². The van der Waals surface area contributed by atoms with E-state index in [1.165, 1.54) is 0 Å². The van der Waals surface area contributed by atoms with Gasteiger partial charge in [0.1, 0.15) is 0 Å². The number of aryl methyl sites for hydroxylation is 2. The molecule has 0 unspecified atom stereocenters. The molecule has 0 saturated carbocycles. The van der Waals surface area contributed by atoms with E-state index in [1.54, 1.807) is 0 Å². The zero-order valence-electron chi connectivity index (χ0n) is 9.45. The van der Waals surface area contributed by atoms with Crippen LogP contribution in [0, 0.1) is 6.92 Å². The maximum Gasteiger partial charge on any atom is 0.0727 e. The second kappa shape index (κ2) is 3.94. The van der Waals surface area contributed by atoms with Crippen LogP contribution in [0.3, 0.4) is 0 Å². The summed E-state index contributed by atoms with van der Waals surface area (Å²) in [7, 11) is 1.94. The van der Waals surface area contributed by atoms with E-state index in [9.17, 15) is 5.11 Å². The molecule has 0 bridgehead atoms. The Morgan fingerprint density at radius 1 is 1.53 bits per heavy atom. The van der Waals surface area contributed by atoms with Crippen molar-refractivity contribution in [1.82, 2.24) is 15.1 Å². The molecule has 0 amide bonds. The van der Waals surface area contributed by atoms with E-state index in [0.717, 1.165) is 37.3 Å². The number of aliphatic hydroxyl groups is 1. The van der Waals surface area contributed by atoms with Crippen molar-refractivity contribution in [3.05, 3.63) is 17.5 Å². The molecular weight excluding hydrogens is 190 g/mol. The Balaban J connectivity index is 2.06. The molecule has 2 heterocycles. The highest BCUT2D eigenvalue weighted by atomic mass is 16.3. The molecule has 2 N–H and O–H groups in total. The van der Waals surface area contributed by atoms with Gasteiger partial charge in [0.15, 0.2) is 0 Å². The van der Waals surface area contributed by atoms with Crippen molar-refractivity contribution in [1.29, 1.82) is 0 Å². The average Bonchev–Trinajstić information content (AvgIpc) is 2.46. The molecule has 0 radical (unpaired) electrons. The van der Waals surface area contributed by atoms with Crippen LogP contribution >= 0.6 is 0 Å². The van der Waals surface area contributed by atoms with Crippen LogP contribution in [0.4, 0.5) is 0 Å². The van der Waals surface area contributed by atoms with Gasteiger partial charge in [-0.1, -0.05) is 0 Å². The molecule has 0 aromatic carbocycles. The summed E-state index contributed by atoms with van der Waals surface area (Å²) in [6.07, 6.45) is 2.32. The number of aromatic nitrogens is 2. The first-order valence-corrected chi connectivity index (χ1v) is 5.52. The number of hydrogen-bond donors (Lipinski definition) is 2. The summed E-state index contributed by atoms with van der Waals surface area (Å²) in [4.78, 5) is 0. The Kier molecular flexibility index (Phi) is 2.80. The first kappa shape index (κ1) is 10.6. The van der Waals surface area contributed by atoms with E-state index in [4.69, 9.17) is 0 Å². The van der Waals surface area contributed by atoms with E-state index in [2.05, 4.69) is 16.5 Å². The summed E-state index contributed by atoms with van der Waals surface area (Å²) < 4.78 is 1.86. The minimum absolute atomic E-state index is 0.550. The molecule has 1 aromatic rings. The fraction of sp³-hybridized carbons (Fsp3) is 0.727. The molecule has 1 saturated heterocycles. The fourth-order valence-corrected chi connectivity index (χ4v) is 2.13. The lowest BCUT2D eigenvalue weighted by molar-refractivity contribution is 0.00993. The second-order valence-corrected chi connectivity index (χ2v) is 4.55. The van der Waals surface area contributed by atoms with Crippen LogP contribution in [-0.4, -0.2) is 33.6 Å². The predicted molar refractivity (Wildman–Crippen MR) is 58.7 cm³/mol. The van der Waals surface area contributed by atoms with Crippen molar-refractivity contribution in [2.24, 2.45) is 7.05 Å². The maximum atomic E-state index is 10.3. The van der Waals surface area contributed by atoms with Crippen LogP contribution in [0.5, 0.6) is 0 Å². The van der Waals surface area contributed by atoms with E-state index in [0.29, 0.717) is 6.42 Å². The largest absolute Gasteiger partial charge is 0.389 e. The van der Waals surface area contributed by atoms with Crippen molar-refractivity contribution in [2.45, 2.75) is 31.8 Å². The zero-order chi connectivity index (χ0) is 10.9. The Morgan fingerprint density at radius 2 is 2.20 bits per heavy atom. The minimum atomic E-state index is -0.550. The van der Waals surface area contributed by atoms with Gasteiger partial charge in [-0.2, -0.15) is 5.10 Å². The second-order valence-electron chi connectivity index (χ2n) is 4.55. The molecule has 0 aliphatic carbocycles. The molecule has 15 heavy (non-hydrogen) atoms. The Morgan fingerprint density at radius 3 is 2.73 bits per heavy atom. The van der Waals surface area contributed by atoms with Crippen LogP contribution in [0.2, 0.25) is 0 Å². The third-order valence-corrected chi connectivity index (χ3v) is 3.21. The van der Waals surface area contributed by atoms with Crippen LogP contribution in [-0.2, 0) is 13.5 Å². The van der Waals surface area contributed by atoms with Crippen molar-refractivity contribution in [3.63, 3.8) is 0 Å². The maximum absolute atomic E-state index is 10.3. The molecule has 1 aliphatic rings. The molecule has 84 valence electrons. The van der Waals surface area contributed by atoms with Crippen LogP contribution in [0.1, 0.15) is 24.2 Å². The normalized spacial score (nSPS) is 20.5.